The van der Waals surface area contributed by atoms with E-state index < -0.39 is 11.9 Å². The van der Waals surface area contributed by atoms with Gasteiger partial charge in [0.25, 0.3) is 5.91 Å². The van der Waals surface area contributed by atoms with E-state index in [-0.39, 0.29) is 18.5 Å². The van der Waals surface area contributed by atoms with Gasteiger partial charge < -0.3 is 14.8 Å². The van der Waals surface area contributed by atoms with Gasteiger partial charge in [-0.05, 0) is 42.8 Å². The number of ether oxygens (including phenoxy) is 2. The summed E-state index contributed by atoms with van der Waals surface area (Å²) in [5.74, 6) is 0.409. The molecular formula is C21H24F3N3O3. The Labute approximate surface area is 173 Å². The fourth-order valence-corrected chi connectivity index (χ4v) is 3.28. The van der Waals surface area contributed by atoms with Crippen molar-refractivity contribution < 1.29 is 27.4 Å². The van der Waals surface area contributed by atoms with Crippen LogP contribution in [0.2, 0.25) is 0 Å². The van der Waals surface area contributed by atoms with E-state index in [0.29, 0.717) is 49.8 Å². The Morgan fingerprint density at radius 3 is 2.47 bits per heavy atom. The number of morpholine rings is 1. The van der Waals surface area contributed by atoms with E-state index in [0.717, 1.165) is 6.07 Å². The second kappa shape index (κ2) is 9.90. The lowest BCUT2D eigenvalue weighted by molar-refractivity contribution is -0.141. The van der Waals surface area contributed by atoms with Crippen LogP contribution in [0.15, 0.2) is 42.6 Å². The second-order valence-electron chi connectivity index (χ2n) is 6.81. The van der Waals surface area contributed by atoms with E-state index in [2.05, 4.69) is 15.2 Å². The molecule has 1 amide bonds. The van der Waals surface area contributed by atoms with E-state index in [1.807, 2.05) is 6.92 Å². The molecule has 1 N–H and O–H groups in total. The van der Waals surface area contributed by atoms with Crippen LogP contribution in [0, 0.1) is 0 Å². The van der Waals surface area contributed by atoms with Gasteiger partial charge in [0.1, 0.15) is 11.4 Å². The molecule has 1 aromatic heterocycles. The molecule has 1 fully saturated rings. The van der Waals surface area contributed by atoms with E-state index >= 15 is 0 Å². The van der Waals surface area contributed by atoms with Crippen molar-refractivity contribution in [1.29, 1.82) is 0 Å². The van der Waals surface area contributed by atoms with Gasteiger partial charge in [0.15, 0.2) is 0 Å². The lowest BCUT2D eigenvalue weighted by Gasteiger charge is -2.34. The van der Waals surface area contributed by atoms with E-state index in [1.165, 1.54) is 12.3 Å². The molecule has 1 aromatic carbocycles. The summed E-state index contributed by atoms with van der Waals surface area (Å²) in [7, 11) is 0. The molecule has 1 aliphatic heterocycles. The highest BCUT2D eigenvalue weighted by Gasteiger charge is 2.33. The largest absolute Gasteiger partial charge is 0.494 e. The molecule has 0 bridgehead atoms. The number of hydrogen-bond donors (Lipinski definition) is 1. The zero-order valence-corrected chi connectivity index (χ0v) is 16.6. The van der Waals surface area contributed by atoms with Gasteiger partial charge in [0, 0.05) is 31.4 Å². The van der Waals surface area contributed by atoms with Gasteiger partial charge in [-0.15, -0.1) is 0 Å². The van der Waals surface area contributed by atoms with Gasteiger partial charge >= 0.3 is 6.18 Å². The van der Waals surface area contributed by atoms with Gasteiger partial charge in [0.2, 0.25) is 0 Å². The third-order valence-corrected chi connectivity index (χ3v) is 4.83. The third kappa shape index (κ3) is 5.70. The molecule has 0 aliphatic carbocycles. The molecule has 2 aromatic rings. The number of pyridine rings is 1. The molecule has 6 nitrogen and oxygen atoms in total. The predicted molar refractivity (Wildman–Crippen MR) is 104 cm³/mol. The summed E-state index contributed by atoms with van der Waals surface area (Å²) in [6, 6.07) is 8.86. The van der Waals surface area contributed by atoms with Crippen LogP contribution in [0.1, 0.15) is 34.6 Å². The average Bonchev–Trinajstić information content (AvgIpc) is 2.75. The van der Waals surface area contributed by atoms with Gasteiger partial charge in [-0.3, -0.25) is 14.7 Å². The maximum atomic E-state index is 12.8. The first-order chi connectivity index (χ1) is 14.4. The number of aromatic nitrogens is 1. The standard InChI is InChI=1S/C21H24F3N3O3/c1-2-30-17-6-3-15(4-7-17)20(28)26-14-18(27-9-11-29-12-10-27)16-5-8-19(25-13-16)21(22,23)24/h3-8,13,18H,2,9-12,14H2,1H3,(H,26,28). The molecule has 3 rings (SSSR count). The minimum Gasteiger partial charge on any atom is -0.494 e. The summed E-state index contributed by atoms with van der Waals surface area (Å²) in [5.41, 5.74) is 0.145. The van der Waals surface area contributed by atoms with Crippen molar-refractivity contribution in [3.8, 4) is 5.75 Å². The SMILES string of the molecule is CCOc1ccc(C(=O)NCC(c2ccc(C(F)(F)F)nc2)N2CCOCC2)cc1. The summed E-state index contributed by atoms with van der Waals surface area (Å²) in [6.45, 7) is 4.93. The summed E-state index contributed by atoms with van der Waals surface area (Å²) < 4.78 is 49.3. The van der Waals surface area contributed by atoms with Crippen LogP contribution in [0.4, 0.5) is 13.2 Å². The Bertz CT molecular complexity index is 820. The normalized spacial score (nSPS) is 16.1. The molecule has 1 aliphatic rings. The maximum absolute atomic E-state index is 12.8. The zero-order valence-electron chi connectivity index (χ0n) is 16.6. The van der Waals surface area contributed by atoms with Crippen molar-refractivity contribution in [2.45, 2.75) is 19.1 Å². The van der Waals surface area contributed by atoms with Crippen molar-refractivity contribution in [2.75, 3.05) is 39.5 Å². The lowest BCUT2D eigenvalue weighted by Crippen LogP contribution is -2.43. The Balaban J connectivity index is 1.72. The molecule has 2 heterocycles. The molecule has 0 radical (unpaired) electrons. The molecule has 0 spiro atoms. The third-order valence-electron chi connectivity index (χ3n) is 4.83. The predicted octanol–water partition coefficient (Wildman–Crippen LogP) is 3.30. The van der Waals surface area contributed by atoms with Crippen LogP contribution < -0.4 is 10.1 Å². The molecule has 1 unspecified atom stereocenters. The molecule has 9 heteroatoms. The molecule has 30 heavy (non-hydrogen) atoms. The van der Waals surface area contributed by atoms with Crippen molar-refractivity contribution >= 4 is 5.91 Å². The van der Waals surface area contributed by atoms with Crippen LogP contribution in [-0.2, 0) is 10.9 Å². The van der Waals surface area contributed by atoms with E-state index in [9.17, 15) is 18.0 Å². The van der Waals surface area contributed by atoms with Crippen LogP contribution >= 0.6 is 0 Å². The number of rotatable bonds is 7. The fraction of sp³-hybridized carbons (Fsp3) is 0.429. The number of carbonyl (C=O) groups excluding carboxylic acids is 1. The summed E-state index contributed by atoms with van der Waals surface area (Å²) >= 11 is 0. The lowest BCUT2D eigenvalue weighted by atomic mass is 10.1. The average molecular weight is 423 g/mol. The Morgan fingerprint density at radius 1 is 1.20 bits per heavy atom. The van der Waals surface area contributed by atoms with E-state index in [4.69, 9.17) is 9.47 Å². The first-order valence-corrected chi connectivity index (χ1v) is 9.74. The molecule has 1 atom stereocenters. The number of nitrogens with one attached hydrogen (secondary N) is 1. The Morgan fingerprint density at radius 2 is 1.90 bits per heavy atom. The minimum atomic E-state index is -4.49. The van der Waals surface area contributed by atoms with E-state index in [1.54, 1.807) is 24.3 Å². The fourth-order valence-electron chi connectivity index (χ4n) is 3.28. The quantitative estimate of drug-likeness (QED) is 0.741. The van der Waals surface area contributed by atoms with Crippen LogP contribution in [0.5, 0.6) is 5.75 Å². The summed E-state index contributed by atoms with van der Waals surface area (Å²) in [5, 5.41) is 2.88. The summed E-state index contributed by atoms with van der Waals surface area (Å²) in [4.78, 5) is 18.2. The first-order valence-electron chi connectivity index (χ1n) is 9.74. The second-order valence-corrected chi connectivity index (χ2v) is 6.81. The van der Waals surface area contributed by atoms with Crippen molar-refractivity contribution in [2.24, 2.45) is 0 Å². The van der Waals surface area contributed by atoms with Crippen molar-refractivity contribution in [1.82, 2.24) is 15.2 Å². The maximum Gasteiger partial charge on any atom is 0.433 e. The van der Waals surface area contributed by atoms with Crippen LogP contribution in [0.25, 0.3) is 0 Å². The minimum absolute atomic E-state index is 0.235. The highest BCUT2D eigenvalue weighted by molar-refractivity contribution is 5.94. The van der Waals surface area contributed by atoms with Gasteiger partial charge in [-0.2, -0.15) is 13.2 Å². The molecular weight excluding hydrogens is 399 g/mol. The highest BCUT2D eigenvalue weighted by Crippen LogP contribution is 2.29. The number of alkyl halides is 3. The van der Waals surface area contributed by atoms with Gasteiger partial charge in [-0.25, -0.2) is 0 Å². The number of halogens is 3. The Hall–Kier alpha value is -2.65. The topological polar surface area (TPSA) is 63.7 Å². The van der Waals surface area contributed by atoms with Gasteiger partial charge in [0.05, 0.1) is 25.9 Å². The monoisotopic (exact) mass is 423 g/mol. The van der Waals surface area contributed by atoms with Crippen molar-refractivity contribution in [3.63, 3.8) is 0 Å². The highest BCUT2D eigenvalue weighted by atomic mass is 19.4. The number of amides is 1. The molecule has 0 saturated carbocycles. The number of carbonyl (C=O) groups is 1. The zero-order chi connectivity index (χ0) is 21.6. The number of nitrogens with zero attached hydrogens (tertiary/aromatic N) is 2. The summed E-state index contributed by atoms with van der Waals surface area (Å²) in [6.07, 6.45) is -3.26. The van der Waals surface area contributed by atoms with Crippen molar-refractivity contribution in [3.05, 3.63) is 59.4 Å². The van der Waals surface area contributed by atoms with Crippen LogP contribution in [0.3, 0.4) is 0 Å². The number of hydrogen-bond acceptors (Lipinski definition) is 5. The Kier molecular flexibility index (Phi) is 7.28. The number of benzene rings is 1. The van der Waals surface area contributed by atoms with Crippen LogP contribution in [-0.4, -0.2) is 55.2 Å². The smallest absolute Gasteiger partial charge is 0.433 e. The molecule has 162 valence electrons. The van der Waals surface area contributed by atoms with Gasteiger partial charge in [-0.1, -0.05) is 6.07 Å². The molecule has 1 saturated heterocycles. The first kappa shape index (κ1) is 22.0.